The molecule has 2 fully saturated rings. The van der Waals surface area contributed by atoms with Crippen molar-refractivity contribution in [3.8, 4) is 11.5 Å². The molecule has 1 aromatic carbocycles. The molecule has 2 aliphatic rings. The molecule has 21 heavy (non-hydrogen) atoms. The lowest BCUT2D eigenvalue weighted by Crippen LogP contribution is -2.08. The van der Waals surface area contributed by atoms with Gasteiger partial charge in [-0.1, -0.05) is 18.0 Å². The molecule has 0 saturated heterocycles. The van der Waals surface area contributed by atoms with Gasteiger partial charge in [-0.05, 0) is 44.6 Å². The summed E-state index contributed by atoms with van der Waals surface area (Å²) in [4.78, 5) is 12.7. The Morgan fingerprint density at radius 3 is 2.29 bits per heavy atom. The maximum absolute atomic E-state index is 12.7. The normalized spacial score (nSPS) is 26.3. The Kier molecular flexibility index (Phi) is 4.12. The number of rotatable bonds is 6. The SMILES string of the molecule is CCOc1cc(Cl)c(C(=O)C2C3CCCC32)cc1OCC. The molecule has 2 aliphatic carbocycles. The number of ether oxygens (including phenoxy) is 2. The summed E-state index contributed by atoms with van der Waals surface area (Å²) < 4.78 is 11.1. The van der Waals surface area contributed by atoms with E-state index >= 15 is 0 Å². The van der Waals surface area contributed by atoms with Gasteiger partial charge in [-0.25, -0.2) is 0 Å². The molecular formula is C17H21ClO3. The average molecular weight is 309 g/mol. The number of carbonyl (C=O) groups excluding carboxylic acids is 1. The van der Waals surface area contributed by atoms with Crippen LogP contribution in [0.3, 0.4) is 0 Å². The molecule has 2 saturated carbocycles. The molecular weight excluding hydrogens is 288 g/mol. The van der Waals surface area contributed by atoms with Crippen LogP contribution in [0.2, 0.25) is 5.02 Å². The van der Waals surface area contributed by atoms with E-state index in [-0.39, 0.29) is 11.7 Å². The van der Waals surface area contributed by atoms with Crippen molar-refractivity contribution in [1.29, 1.82) is 0 Å². The van der Waals surface area contributed by atoms with Crippen LogP contribution in [-0.4, -0.2) is 19.0 Å². The summed E-state index contributed by atoms with van der Waals surface area (Å²) >= 11 is 6.30. The van der Waals surface area contributed by atoms with Crippen LogP contribution >= 0.6 is 11.6 Å². The molecule has 0 heterocycles. The van der Waals surface area contributed by atoms with Gasteiger partial charge in [-0.3, -0.25) is 4.79 Å². The quantitative estimate of drug-likeness (QED) is 0.732. The predicted molar refractivity (Wildman–Crippen MR) is 82.4 cm³/mol. The number of fused-ring (bicyclic) bond motifs is 1. The van der Waals surface area contributed by atoms with E-state index in [1.807, 2.05) is 13.8 Å². The molecule has 3 nitrogen and oxygen atoms in total. The van der Waals surface area contributed by atoms with Crippen LogP contribution in [0.15, 0.2) is 12.1 Å². The molecule has 1 aromatic rings. The van der Waals surface area contributed by atoms with E-state index < -0.39 is 0 Å². The van der Waals surface area contributed by atoms with E-state index in [1.54, 1.807) is 12.1 Å². The molecule has 3 rings (SSSR count). The molecule has 0 spiro atoms. The summed E-state index contributed by atoms with van der Waals surface area (Å²) in [7, 11) is 0. The molecule has 0 bridgehead atoms. The fourth-order valence-electron chi connectivity index (χ4n) is 3.65. The largest absolute Gasteiger partial charge is 0.490 e. The minimum atomic E-state index is 0.179. The van der Waals surface area contributed by atoms with Crippen LogP contribution in [0.25, 0.3) is 0 Å². The number of halogens is 1. The van der Waals surface area contributed by atoms with Crippen molar-refractivity contribution in [2.45, 2.75) is 33.1 Å². The van der Waals surface area contributed by atoms with Crippen molar-refractivity contribution in [2.24, 2.45) is 17.8 Å². The Labute approximate surface area is 130 Å². The lowest BCUT2D eigenvalue weighted by molar-refractivity contribution is 0.0951. The van der Waals surface area contributed by atoms with Crippen molar-refractivity contribution >= 4 is 17.4 Å². The first kappa shape index (κ1) is 14.7. The second-order valence-electron chi connectivity index (χ2n) is 5.79. The minimum absolute atomic E-state index is 0.179. The Morgan fingerprint density at radius 1 is 1.14 bits per heavy atom. The van der Waals surface area contributed by atoms with Crippen molar-refractivity contribution in [3.05, 3.63) is 22.7 Å². The van der Waals surface area contributed by atoms with Gasteiger partial charge in [0.25, 0.3) is 0 Å². The predicted octanol–water partition coefficient (Wildman–Crippen LogP) is 4.37. The monoisotopic (exact) mass is 308 g/mol. The lowest BCUT2D eigenvalue weighted by atomic mass is 10.0. The third kappa shape index (κ3) is 2.64. The second-order valence-corrected chi connectivity index (χ2v) is 6.20. The Balaban J connectivity index is 1.87. The molecule has 0 amide bonds. The highest BCUT2D eigenvalue weighted by Crippen LogP contribution is 2.59. The van der Waals surface area contributed by atoms with Crippen LogP contribution in [-0.2, 0) is 0 Å². The van der Waals surface area contributed by atoms with E-state index in [9.17, 15) is 4.79 Å². The Morgan fingerprint density at radius 2 is 1.71 bits per heavy atom. The highest BCUT2D eigenvalue weighted by atomic mass is 35.5. The fourth-order valence-corrected chi connectivity index (χ4v) is 3.90. The summed E-state index contributed by atoms with van der Waals surface area (Å²) in [6, 6.07) is 3.47. The number of hydrogen-bond donors (Lipinski definition) is 0. The van der Waals surface area contributed by atoms with E-state index in [0.717, 1.165) is 0 Å². The van der Waals surface area contributed by atoms with E-state index in [4.69, 9.17) is 21.1 Å². The molecule has 0 aromatic heterocycles. The molecule has 2 unspecified atom stereocenters. The van der Waals surface area contributed by atoms with Crippen molar-refractivity contribution in [2.75, 3.05) is 13.2 Å². The first-order valence-corrected chi connectivity index (χ1v) is 8.18. The van der Waals surface area contributed by atoms with Gasteiger partial charge in [0.05, 0.1) is 18.2 Å². The van der Waals surface area contributed by atoms with Crippen LogP contribution in [0.5, 0.6) is 11.5 Å². The van der Waals surface area contributed by atoms with Crippen LogP contribution < -0.4 is 9.47 Å². The van der Waals surface area contributed by atoms with Crippen LogP contribution in [0.1, 0.15) is 43.5 Å². The second kappa shape index (κ2) is 5.88. The van der Waals surface area contributed by atoms with E-state index in [1.165, 1.54) is 19.3 Å². The van der Waals surface area contributed by atoms with E-state index in [2.05, 4.69) is 0 Å². The number of ketones is 1. The topological polar surface area (TPSA) is 35.5 Å². The van der Waals surface area contributed by atoms with Crippen molar-refractivity contribution < 1.29 is 14.3 Å². The lowest BCUT2D eigenvalue weighted by Gasteiger charge is -2.14. The van der Waals surface area contributed by atoms with Gasteiger partial charge < -0.3 is 9.47 Å². The number of Topliss-reactive ketones (excluding diaryl/α,β-unsaturated/α-hetero) is 1. The smallest absolute Gasteiger partial charge is 0.168 e. The van der Waals surface area contributed by atoms with Gasteiger partial charge in [0, 0.05) is 17.5 Å². The van der Waals surface area contributed by atoms with Crippen molar-refractivity contribution in [1.82, 2.24) is 0 Å². The fraction of sp³-hybridized carbons (Fsp3) is 0.588. The van der Waals surface area contributed by atoms with Gasteiger partial charge in [0.1, 0.15) is 0 Å². The average Bonchev–Trinajstić information content (AvgIpc) is 2.94. The Hall–Kier alpha value is -1.22. The van der Waals surface area contributed by atoms with Gasteiger partial charge in [0.15, 0.2) is 17.3 Å². The number of hydrogen-bond acceptors (Lipinski definition) is 3. The third-order valence-electron chi connectivity index (χ3n) is 4.61. The van der Waals surface area contributed by atoms with Crippen LogP contribution in [0.4, 0.5) is 0 Å². The van der Waals surface area contributed by atoms with E-state index in [0.29, 0.717) is 47.1 Å². The molecule has 0 radical (unpaired) electrons. The molecule has 2 atom stereocenters. The first-order valence-electron chi connectivity index (χ1n) is 7.80. The van der Waals surface area contributed by atoms with Gasteiger partial charge in [-0.2, -0.15) is 0 Å². The highest BCUT2D eigenvalue weighted by Gasteiger charge is 2.56. The molecule has 0 aliphatic heterocycles. The third-order valence-corrected chi connectivity index (χ3v) is 4.92. The highest BCUT2D eigenvalue weighted by molar-refractivity contribution is 6.34. The maximum atomic E-state index is 12.7. The summed E-state index contributed by atoms with van der Waals surface area (Å²) in [6.45, 7) is 4.89. The standard InChI is InChI=1S/C17H21ClO3/c1-3-20-14-8-12(13(18)9-15(14)21-4-2)17(19)16-10-6-5-7-11(10)16/h8-11,16H,3-7H2,1-2H3. The maximum Gasteiger partial charge on any atom is 0.168 e. The summed E-state index contributed by atoms with van der Waals surface area (Å²) in [5, 5.41) is 0.469. The summed E-state index contributed by atoms with van der Waals surface area (Å²) in [5.41, 5.74) is 0.586. The number of benzene rings is 1. The minimum Gasteiger partial charge on any atom is -0.490 e. The molecule has 4 heteroatoms. The molecule has 114 valence electrons. The zero-order valence-electron chi connectivity index (χ0n) is 12.5. The van der Waals surface area contributed by atoms with Gasteiger partial charge in [0.2, 0.25) is 0 Å². The van der Waals surface area contributed by atoms with Gasteiger partial charge in [-0.15, -0.1) is 0 Å². The van der Waals surface area contributed by atoms with Gasteiger partial charge >= 0.3 is 0 Å². The first-order chi connectivity index (χ1) is 10.2. The zero-order chi connectivity index (χ0) is 15.0. The van der Waals surface area contributed by atoms with Crippen molar-refractivity contribution in [3.63, 3.8) is 0 Å². The van der Waals surface area contributed by atoms with Crippen LogP contribution in [0, 0.1) is 17.8 Å². The zero-order valence-corrected chi connectivity index (χ0v) is 13.3. The Bertz CT molecular complexity index is 545. The molecule has 0 N–H and O–H groups in total. The summed E-state index contributed by atoms with van der Waals surface area (Å²) in [6.07, 6.45) is 3.64. The number of carbonyl (C=O) groups is 1. The summed E-state index contributed by atoms with van der Waals surface area (Å²) in [5.74, 6) is 2.77.